The highest BCUT2D eigenvalue weighted by atomic mass is 16.1. The van der Waals surface area contributed by atoms with Gasteiger partial charge in [-0.1, -0.05) is 6.92 Å². The monoisotopic (exact) mass is 155 g/mol. The third-order valence-electron chi connectivity index (χ3n) is 1.63. The molecule has 0 fully saturated rings. The van der Waals surface area contributed by atoms with Crippen LogP contribution in [0.5, 0.6) is 0 Å². The van der Waals surface area contributed by atoms with Crippen LogP contribution in [0.3, 0.4) is 0 Å². The lowest BCUT2D eigenvalue weighted by atomic mass is 10.2. The van der Waals surface area contributed by atoms with Gasteiger partial charge in [-0.2, -0.15) is 4.99 Å². The highest BCUT2D eigenvalue weighted by Gasteiger charge is 2.23. The van der Waals surface area contributed by atoms with Crippen LogP contribution < -0.4 is 11.1 Å². The maximum Gasteiger partial charge on any atom is 0.249 e. The molecule has 0 aromatic rings. The van der Waals surface area contributed by atoms with Crippen molar-refractivity contribution >= 4 is 11.7 Å². The van der Waals surface area contributed by atoms with Crippen LogP contribution >= 0.6 is 0 Å². The number of carbonyl (C=O) groups is 1. The molecule has 4 nitrogen and oxygen atoms in total. The van der Waals surface area contributed by atoms with Gasteiger partial charge in [0.05, 0.1) is 12.5 Å². The standard InChI is InChI=1S/C7H13N3O/c1-2-3-9-5-4-6(11)10-7(5)8/h5,9H,2-4H2,1H3,(H2,8,10,11). The van der Waals surface area contributed by atoms with E-state index in [-0.39, 0.29) is 11.9 Å². The molecule has 0 aromatic heterocycles. The first-order chi connectivity index (χ1) is 5.24. The van der Waals surface area contributed by atoms with E-state index < -0.39 is 0 Å². The maximum absolute atomic E-state index is 10.7. The first kappa shape index (κ1) is 8.20. The van der Waals surface area contributed by atoms with Gasteiger partial charge in [-0.05, 0) is 13.0 Å². The first-order valence-electron chi connectivity index (χ1n) is 3.84. The topological polar surface area (TPSA) is 67.5 Å². The van der Waals surface area contributed by atoms with Gasteiger partial charge in [0.15, 0.2) is 0 Å². The molecule has 1 unspecified atom stereocenters. The van der Waals surface area contributed by atoms with Crippen molar-refractivity contribution in [1.82, 2.24) is 5.32 Å². The summed E-state index contributed by atoms with van der Waals surface area (Å²) >= 11 is 0. The number of rotatable bonds is 3. The van der Waals surface area contributed by atoms with Crippen LogP contribution in [-0.2, 0) is 4.79 Å². The molecule has 0 bridgehead atoms. The lowest BCUT2D eigenvalue weighted by molar-refractivity contribution is -0.117. The lowest BCUT2D eigenvalue weighted by Crippen LogP contribution is -2.39. The van der Waals surface area contributed by atoms with Crippen molar-refractivity contribution in [3.05, 3.63) is 0 Å². The van der Waals surface area contributed by atoms with E-state index in [0.717, 1.165) is 13.0 Å². The number of aliphatic imine (C=N–C) groups is 1. The zero-order chi connectivity index (χ0) is 8.27. The lowest BCUT2D eigenvalue weighted by Gasteiger charge is -2.09. The Labute approximate surface area is 65.9 Å². The molecule has 3 N–H and O–H groups in total. The Hall–Kier alpha value is -0.900. The molecule has 0 aromatic carbocycles. The van der Waals surface area contributed by atoms with E-state index >= 15 is 0 Å². The van der Waals surface area contributed by atoms with E-state index in [9.17, 15) is 4.79 Å². The zero-order valence-electron chi connectivity index (χ0n) is 6.63. The third-order valence-corrected chi connectivity index (χ3v) is 1.63. The SMILES string of the molecule is CCCNC1CC(=O)N=C1N. The minimum absolute atomic E-state index is 0.0116. The summed E-state index contributed by atoms with van der Waals surface area (Å²) in [6, 6.07) is -0.0116. The normalized spacial score (nSPS) is 23.9. The third kappa shape index (κ3) is 2.01. The molecule has 0 spiro atoms. The molecule has 11 heavy (non-hydrogen) atoms. The molecule has 62 valence electrons. The van der Waals surface area contributed by atoms with Crippen molar-refractivity contribution in [3.63, 3.8) is 0 Å². The van der Waals surface area contributed by atoms with Crippen LogP contribution in [-0.4, -0.2) is 24.3 Å². The van der Waals surface area contributed by atoms with Crippen molar-refractivity contribution in [2.24, 2.45) is 10.7 Å². The summed E-state index contributed by atoms with van der Waals surface area (Å²) in [5.41, 5.74) is 5.48. The average molecular weight is 155 g/mol. The van der Waals surface area contributed by atoms with Crippen LogP contribution in [0.25, 0.3) is 0 Å². The molecular weight excluding hydrogens is 142 g/mol. The highest BCUT2D eigenvalue weighted by molar-refractivity contribution is 6.04. The molecule has 1 atom stereocenters. The second kappa shape index (κ2) is 3.48. The summed E-state index contributed by atoms with van der Waals surface area (Å²) in [5.74, 6) is 0.319. The van der Waals surface area contributed by atoms with Crippen LogP contribution in [0.1, 0.15) is 19.8 Å². The highest BCUT2D eigenvalue weighted by Crippen LogP contribution is 2.03. The Balaban J connectivity index is 2.38. The van der Waals surface area contributed by atoms with Crippen molar-refractivity contribution in [2.45, 2.75) is 25.8 Å². The molecule has 0 saturated heterocycles. The summed E-state index contributed by atoms with van der Waals surface area (Å²) < 4.78 is 0. The predicted molar refractivity (Wildman–Crippen MR) is 43.3 cm³/mol. The second-order valence-electron chi connectivity index (χ2n) is 2.64. The number of amides is 1. The molecule has 0 radical (unpaired) electrons. The van der Waals surface area contributed by atoms with Crippen LogP contribution in [0.4, 0.5) is 0 Å². The number of amidine groups is 1. The summed E-state index contributed by atoms with van der Waals surface area (Å²) in [4.78, 5) is 14.3. The van der Waals surface area contributed by atoms with Gasteiger partial charge in [0.1, 0.15) is 5.84 Å². The van der Waals surface area contributed by atoms with E-state index in [1.807, 2.05) is 0 Å². The average Bonchev–Trinajstić information content (AvgIpc) is 2.26. The van der Waals surface area contributed by atoms with E-state index in [0.29, 0.717) is 12.3 Å². The molecular formula is C7H13N3O. The van der Waals surface area contributed by atoms with E-state index in [2.05, 4.69) is 17.2 Å². The van der Waals surface area contributed by atoms with E-state index in [1.54, 1.807) is 0 Å². The quantitative estimate of drug-likeness (QED) is 0.585. The second-order valence-corrected chi connectivity index (χ2v) is 2.64. The largest absolute Gasteiger partial charge is 0.386 e. The molecule has 0 saturated carbocycles. The summed E-state index contributed by atoms with van der Waals surface area (Å²) in [5, 5.41) is 3.13. The Morgan fingerprint density at radius 1 is 1.82 bits per heavy atom. The van der Waals surface area contributed by atoms with Crippen LogP contribution in [0.15, 0.2) is 4.99 Å². The molecule has 1 aliphatic heterocycles. The van der Waals surface area contributed by atoms with E-state index in [1.165, 1.54) is 0 Å². The van der Waals surface area contributed by atoms with Gasteiger partial charge in [0, 0.05) is 0 Å². The van der Waals surface area contributed by atoms with Gasteiger partial charge in [-0.25, -0.2) is 0 Å². The molecule has 1 aliphatic rings. The fraction of sp³-hybridized carbons (Fsp3) is 0.714. The molecule has 1 heterocycles. The number of nitrogens with one attached hydrogen (secondary N) is 1. The zero-order valence-corrected chi connectivity index (χ0v) is 6.63. The Kier molecular flexibility index (Phi) is 2.59. The van der Waals surface area contributed by atoms with Crippen molar-refractivity contribution in [1.29, 1.82) is 0 Å². The number of nitrogens with zero attached hydrogens (tertiary/aromatic N) is 1. The van der Waals surface area contributed by atoms with Gasteiger partial charge in [0.25, 0.3) is 0 Å². The van der Waals surface area contributed by atoms with Gasteiger partial charge in [0.2, 0.25) is 5.91 Å². The van der Waals surface area contributed by atoms with E-state index in [4.69, 9.17) is 5.73 Å². The van der Waals surface area contributed by atoms with Crippen molar-refractivity contribution in [3.8, 4) is 0 Å². The molecule has 0 aliphatic carbocycles. The minimum atomic E-state index is -0.115. The van der Waals surface area contributed by atoms with Crippen molar-refractivity contribution < 1.29 is 4.79 Å². The van der Waals surface area contributed by atoms with Gasteiger partial charge >= 0.3 is 0 Å². The van der Waals surface area contributed by atoms with Crippen LogP contribution in [0, 0.1) is 0 Å². The predicted octanol–water partition coefficient (Wildman–Crippen LogP) is -0.358. The Morgan fingerprint density at radius 2 is 2.55 bits per heavy atom. The summed E-state index contributed by atoms with van der Waals surface area (Å²) in [6.45, 7) is 2.95. The van der Waals surface area contributed by atoms with Gasteiger partial charge in [-0.15, -0.1) is 0 Å². The summed E-state index contributed by atoms with van der Waals surface area (Å²) in [7, 11) is 0. The summed E-state index contributed by atoms with van der Waals surface area (Å²) in [6.07, 6.45) is 1.46. The fourth-order valence-corrected chi connectivity index (χ4v) is 1.04. The Morgan fingerprint density at radius 3 is 3.00 bits per heavy atom. The number of nitrogens with two attached hydrogens (primary N) is 1. The molecule has 1 amide bonds. The Bertz CT molecular complexity index is 188. The van der Waals surface area contributed by atoms with Crippen LogP contribution in [0.2, 0.25) is 0 Å². The fourth-order valence-electron chi connectivity index (χ4n) is 1.04. The van der Waals surface area contributed by atoms with Crippen molar-refractivity contribution in [2.75, 3.05) is 6.54 Å². The number of carbonyl (C=O) groups excluding carboxylic acids is 1. The number of hydrogen-bond acceptors (Lipinski definition) is 3. The molecule has 1 rings (SSSR count). The smallest absolute Gasteiger partial charge is 0.249 e. The minimum Gasteiger partial charge on any atom is -0.386 e. The van der Waals surface area contributed by atoms with Gasteiger partial charge in [-0.3, -0.25) is 4.79 Å². The number of hydrogen-bond donors (Lipinski definition) is 2. The maximum atomic E-state index is 10.7. The molecule has 4 heteroatoms. The first-order valence-corrected chi connectivity index (χ1v) is 3.84. The van der Waals surface area contributed by atoms with Gasteiger partial charge < -0.3 is 11.1 Å².